The number of aliphatic hydroxyl groups is 2. The average molecular weight is 1170 g/mol. The molecule has 0 aromatic heterocycles. The first-order valence-electron chi connectivity index (χ1n) is 38.8. The normalized spacial score (nSPS) is 12.4. The maximum absolute atomic E-state index is 12.5. The summed E-state index contributed by atoms with van der Waals surface area (Å²) in [4.78, 5) is 24.6. The van der Waals surface area contributed by atoms with Crippen LogP contribution in [0.5, 0.6) is 0 Å². The fourth-order valence-electron chi connectivity index (χ4n) is 12.8. The summed E-state index contributed by atoms with van der Waals surface area (Å²) in [6.45, 7) is 5.01. The van der Waals surface area contributed by atoms with Crippen LogP contribution in [-0.4, -0.2) is 47.4 Å². The van der Waals surface area contributed by atoms with E-state index in [-0.39, 0.29) is 18.5 Å². The van der Waals surface area contributed by atoms with Crippen molar-refractivity contribution in [3.63, 3.8) is 0 Å². The second-order valence-corrected chi connectivity index (χ2v) is 27.1. The van der Waals surface area contributed by atoms with Gasteiger partial charge >= 0.3 is 5.97 Å². The molecule has 0 aromatic carbocycles. The third kappa shape index (κ3) is 69.8. The molecule has 2 atom stereocenters. The van der Waals surface area contributed by atoms with Gasteiger partial charge < -0.3 is 20.3 Å². The van der Waals surface area contributed by atoms with E-state index >= 15 is 0 Å². The zero-order valence-corrected chi connectivity index (χ0v) is 57.0. The van der Waals surface area contributed by atoms with Crippen LogP contribution in [0.2, 0.25) is 0 Å². The van der Waals surface area contributed by atoms with Crippen LogP contribution in [0.1, 0.15) is 457 Å². The summed E-state index contributed by atoms with van der Waals surface area (Å²) in [5.41, 5.74) is 0. The van der Waals surface area contributed by atoms with Gasteiger partial charge in [-0.15, -0.1) is 0 Å². The molecule has 0 bridgehead atoms. The van der Waals surface area contributed by atoms with Gasteiger partial charge in [0.1, 0.15) is 0 Å². The summed E-state index contributed by atoms with van der Waals surface area (Å²) in [5, 5.41) is 23.4. The molecule has 0 saturated heterocycles. The van der Waals surface area contributed by atoms with E-state index in [0.29, 0.717) is 25.9 Å². The van der Waals surface area contributed by atoms with Crippen LogP contribution in [0.25, 0.3) is 0 Å². The number of hydrogen-bond acceptors (Lipinski definition) is 5. The molecule has 83 heavy (non-hydrogen) atoms. The number of ether oxygens (including phenoxy) is 1. The Morgan fingerprint density at radius 3 is 0.735 bits per heavy atom. The molecular formula is C77H153NO5. The molecule has 6 heteroatoms. The summed E-state index contributed by atoms with van der Waals surface area (Å²) in [6, 6.07) is -0.536. The fourth-order valence-corrected chi connectivity index (χ4v) is 12.8. The molecule has 1 amide bonds. The highest BCUT2D eigenvalue weighted by Crippen LogP contribution is 2.20. The molecule has 0 aliphatic rings. The molecule has 0 aliphatic heterocycles. The second kappa shape index (κ2) is 73.3. The van der Waals surface area contributed by atoms with Gasteiger partial charge in [0.25, 0.3) is 0 Å². The Hall–Kier alpha value is -1.14. The molecular weight excluding hydrogens is 1020 g/mol. The molecule has 0 spiro atoms. The van der Waals surface area contributed by atoms with Crippen LogP contribution < -0.4 is 5.32 Å². The molecule has 3 N–H and O–H groups in total. The topological polar surface area (TPSA) is 95.9 Å². The standard InChI is InChI=1S/C77H153NO5/c1-3-5-7-9-11-13-15-17-19-39-42-45-49-53-57-61-65-69-75(80)74(73-79)78-76(81)70-66-62-58-54-50-46-43-40-37-35-33-31-29-27-25-23-21-20-22-24-26-28-30-32-34-36-38-41-44-48-52-56-60-64-68-72-83-77(82)71-67-63-59-55-51-47-18-16-14-12-10-8-6-4-2/h74-75,79-80H,3-73H2,1-2H3,(H,78,81). The maximum atomic E-state index is 12.5. The highest BCUT2D eigenvalue weighted by molar-refractivity contribution is 5.76. The van der Waals surface area contributed by atoms with E-state index in [4.69, 9.17) is 4.74 Å². The zero-order valence-electron chi connectivity index (χ0n) is 57.0. The van der Waals surface area contributed by atoms with Crippen molar-refractivity contribution in [1.29, 1.82) is 0 Å². The van der Waals surface area contributed by atoms with E-state index in [1.807, 2.05) is 0 Å². The molecule has 2 unspecified atom stereocenters. The SMILES string of the molecule is CCCCCCCCCCCCCCCCCCCC(O)C(CO)NC(=O)CCCCCCCCCCCCCCCCCCCCCCCCCCCCCCCCCCCCCOC(=O)CCCCCCCCCCCCCCCC. The first kappa shape index (κ1) is 81.9. The van der Waals surface area contributed by atoms with E-state index in [9.17, 15) is 19.8 Å². The molecule has 0 aliphatic carbocycles. The number of aliphatic hydroxyl groups excluding tert-OH is 2. The minimum atomic E-state index is -0.660. The number of unbranched alkanes of at least 4 members (excludes halogenated alkanes) is 63. The van der Waals surface area contributed by atoms with E-state index in [1.54, 1.807) is 0 Å². The zero-order chi connectivity index (χ0) is 59.9. The lowest BCUT2D eigenvalue weighted by Gasteiger charge is -2.22. The number of esters is 1. The molecule has 0 fully saturated rings. The lowest BCUT2D eigenvalue weighted by atomic mass is 10.0. The Labute approximate surface area is 521 Å². The molecule has 0 aromatic rings. The average Bonchev–Trinajstić information content (AvgIpc) is 3.49. The van der Waals surface area contributed by atoms with Gasteiger partial charge in [0.2, 0.25) is 5.91 Å². The van der Waals surface area contributed by atoms with Crippen molar-refractivity contribution in [2.24, 2.45) is 0 Å². The summed E-state index contributed by atoms with van der Waals surface area (Å²) < 4.78 is 5.50. The van der Waals surface area contributed by atoms with E-state index < -0.39 is 12.1 Å². The van der Waals surface area contributed by atoms with Crippen LogP contribution >= 0.6 is 0 Å². The van der Waals surface area contributed by atoms with Crippen molar-refractivity contribution in [1.82, 2.24) is 5.32 Å². The van der Waals surface area contributed by atoms with Crippen molar-refractivity contribution < 1.29 is 24.5 Å². The summed E-state index contributed by atoms with van der Waals surface area (Å²) >= 11 is 0. The first-order valence-corrected chi connectivity index (χ1v) is 38.8. The van der Waals surface area contributed by atoms with Crippen LogP contribution in [0.15, 0.2) is 0 Å². The van der Waals surface area contributed by atoms with Crippen molar-refractivity contribution >= 4 is 11.9 Å². The number of nitrogens with one attached hydrogen (secondary N) is 1. The van der Waals surface area contributed by atoms with E-state index in [2.05, 4.69) is 19.2 Å². The predicted molar refractivity (Wildman–Crippen MR) is 366 cm³/mol. The van der Waals surface area contributed by atoms with Gasteiger partial charge in [-0.3, -0.25) is 9.59 Å². The van der Waals surface area contributed by atoms with Gasteiger partial charge in [-0.05, 0) is 25.7 Å². The Morgan fingerprint density at radius 1 is 0.289 bits per heavy atom. The van der Waals surface area contributed by atoms with Gasteiger partial charge in [-0.2, -0.15) is 0 Å². The number of rotatable bonds is 74. The number of hydrogen-bond donors (Lipinski definition) is 3. The number of carbonyl (C=O) groups is 2. The summed E-state index contributed by atoms with van der Waals surface area (Å²) in [7, 11) is 0. The fraction of sp³-hybridized carbons (Fsp3) is 0.974. The van der Waals surface area contributed by atoms with Crippen LogP contribution in [0.4, 0.5) is 0 Å². The quantitative estimate of drug-likeness (QED) is 0.0417. The Balaban J connectivity index is 3.29. The van der Waals surface area contributed by atoms with Gasteiger partial charge in [-0.1, -0.05) is 418 Å². The largest absolute Gasteiger partial charge is 0.466 e. The molecule has 0 saturated carbocycles. The van der Waals surface area contributed by atoms with Crippen LogP contribution in [-0.2, 0) is 14.3 Å². The molecule has 6 nitrogen and oxygen atoms in total. The number of amides is 1. The predicted octanol–water partition coefficient (Wildman–Crippen LogP) is 25.3. The van der Waals surface area contributed by atoms with Crippen molar-refractivity contribution in [2.75, 3.05) is 13.2 Å². The first-order chi connectivity index (χ1) is 41.0. The van der Waals surface area contributed by atoms with Crippen LogP contribution in [0.3, 0.4) is 0 Å². The minimum absolute atomic E-state index is 0.0247. The summed E-state index contributed by atoms with van der Waals surface area (Å²) in [6.07, 6.45) is 90.5. The van der Waals surface area contributed by atoms with Gasteiger partial charge in [-0.25, -0.2) is 0 Å². The lowest BCUT2D eigenvalue weighted by Crippen LogP contribution is -2.45. The van der Waals surface area contributed by atoms with E-state index in [0.717, 1.165) is 38.5 Å². The van der Waals surface area contributed by atoms with Gasteiger partial charge in [0.05, 0.1) is 25.4 Å². The van der Waals surface area contributed by atoms with Crippen molar-refractivity contribution in [3.05, 3.63) is 0 Å². The maximum Gasteiger partial charge on any atom is 0.305 e. The van der Waals surface area contributed by atoms with Gasteiger partial charge in [0.15, 0.2) is 0 Å². The molecule has 0 rings (SSSR count). The lowest BCUT2D eigenvalue weighted by molar-refractivity contribution is -0.143. The monoisotopic (exact) mass is 1170 g/mol. The third-order valence-corrected chi connectivity index (χ3v) is 18.7. The Morgan fingerprint density at radius 2 is 0.494 bits per heavy atom. The summed E-state index contributed by atoms with van der Waals surface area (Å²) in [5.74, 6) is 0.00145. The highest BCUT2D eigenvalue weighted by atomic mass is 16.5. The highest BCUT2D eigenvalue weighted by Gasteiger charge is 2.20. The van der Waals surface area contributed by atoms with Gasteiger partial charge in [0, 0.05) is 12.8 Å². The Bertz CT molecular complexity index is 1210. The second-order valence-electron chi connectivity index (χ2n) is 27.1. The molecule has 0 heterocycles. The smallest absolute Gasteiger partial charge is 0.305 e. The van der Waals surface area contributed by atoms with Crippen molar-refractivity contribution in [3.8, 4) is 0 Å². The molecule has 496 valence electrons. The number of carbonyl (C=O) groups excluding carboxylic acids is 2. The third-order valence-electron chi connectivity index (χ3n) is 18.7. The Kier molecular flexibility index (Phi) is 72.3. The van der Waals surface area contributed by atoms with Crippen molar-refractivity contribution in [2.45, 2.75) is 469 Å². The molecule has 0 radical (unpaired) electrons. The van der Waals surface area contributed by atoms with Crippen LogP contribution in [0, 0.1) is 0 Å². The van der Waals surface area contributed by atoms with E-state index in [1.165, 1.54) is 385 Å². The minimum Gasteiger partial charge on any atom is -0.466 e.